The second-order valence-corrected chi connectivity index (χ2v) is 6.57. The van der Waals surface area contributed by atoms with E-state index < -0.39 is 5.97 Å². The first-order valence-corrected chi connectivity index (χ1v) is 9.58. The lowest BCUT2D eigenvalue weighted by Gasteiger charge is -2.16. The Morgan fingerprint density at radius 2 is 1.93 bits per heavy atom. The lowest BCUT2D eigenvalue weighted by molar-refractivity contribution is -0.136. The number of Topliss-reactive ketones (excluding diaryl/α,β-unsaturated/α-hetero) is 1. The molecule has 0 unspecified atom stereocenters. The Balaban J connectivity index is 1.53. The number of ketones is 1. The van der Waals surface area contributed by atoms with Crippen LogP contribution in [0.25, 0.3) is 6.08 Å². The van der Waals surface area contributed by atoms with E-state index in [1.165, 1.54) is 6.08 Å². The summed E-state index contributed by atoms with van der Waals surface area (Å²) in [5.74, 6) is -0.101. The van der Waals surface area contributed by atoms with Crippen LogP contribution < -0.4 is 9.64 Å². The average Bonchev–Trinajstić information content (AvgIpc) is 3.17. The Bertz CT molecular complexity index is 917. The number of ether oxygens (including phenoxy) is 2. The van der Waals surface area contributed by atoms with E-state index in [1.54, 1.807) is 35.2 Å². The monoisotopic (exact) mass is 393 g/mol. The zero-order valence-corrected chi connectivity index (χ0v) is 16.3. The van der Waals surface area contributed by atoms with E-state index >= 15 is 0 Å². The van der Waals surface area contributed by atoms with Crippen molar-refractivity contribution >= 4 is 29.4 Å². The van der Waals surface area contributed by atoms with Crippen LogP contribution in [0.3, 0.4) is 0 Å². The minimum absolute atomic E-state index is 0.0560. The minimum atomic E-state index is -0.599. The molecular weight excluding hydrogens is 370 g/mol. The van der Waals surface area contributed by atoms with E-state index in [9.17, 15) is 14.4 Å². The van der Waals surface area contributed by atoms with E-state index in [0.29, 0.717) is 30.8 Å². The van der Waals surface area contributed by atoms with Crippen LogP contribution in [0, 0.1) is 0 Å². The molecule has 0 atom stereocenters. The highest BCUT2D eigenvalue weighted by molar-refractivity contribution is 6.01. The van der Waals surface area contributed by atoms with Crippen molar-refractivity contribution in [2.45, 2.75) is 19.8 Å². The molecule has 2 aromatic rings. The summed E-state index contributed by atoms with van der Waals surface area (Å²) in [5, 5.41) is 0. The molecule has 6 heteroatoms. The van der Waals surface area contributed by atoms with Crippen LogP contribution in [0.5, 0.6) is 5.75 Å². The fourth-order valence-electron chi connectivity index (χ4n) is 3.04. The van der Waals surface area contributed by atoms with Gasteiger partial charge in [0.2, 0.25) is 5.91 Å². The van der Waals surface area contributed by atoms with Gasteiger partial charge in [0.1, 0.15) is 5.75 Å². The van der Waals surface area contributed by atoms with Crippen molar-refractivity contribution in [3.63, 3.8) is 0 Å². The number of carbonyl (C=O) groups is 3. The van der Waals surface area contributed by atoms with Gasteiger partial charge in [-0.05, 0) is 49.2 Å². The molecule has 0 spiro atoms. The highest BCUT2D eigenvalue weighted by Crippen LogP contribution is 2.22. The number of nitrogens with zero attached hydrogens (tertiary/aromatic N) is 1. The van der Waals surface area contributed by atoms with Crippen molar-refractivity contribution in [3.8, 4) is 5.75 Å². The molecule has 1 heterocycles. The van der Waals surface area contributed by atoms with Crippen LogP contribution in [-0.4, -0.2) is 37.4 Å². The summed E-state index contributed by atoms with van der Waals surface area (Å²) in [6, 6.07) is 14.1. The second kappa shape index (κ2) is 9.68. The summed E-state index contributed by atoms with van der Waals surface area (Å²) in [4.78, 5) is 37.8. The number of anilines is 1. The van der Waals surface area contributed by atoms with Crippen LogP contribution in [0.15, 0.2) is 54.6 Å². The third-order valence-electron chi connectivity index (χ3n) is 4.50. The number of hydrogen-bond donors (Lipinski definition) is 0. The van der Waals surface area contributed by atoms with Gasteiger partial charge in [0.05, 0.1) is 6.61 Å². The molecular formula is C23H23NO5. The smallest absolute Gasteiger partial charge is 0.331 e. The predicted octanol–water partition coefficient (Wildman–Crippen LogP) is 3.65. The molecule has 6 nitrogen and oxygen atoms in total. The summed E-state index contributed by atoms with van der Waals surface area (Å²) in [6.07, 6.45) is 4.23. The van der Waals surface area contributed by atoms with Gasteiger partial charge in [-0.25, -0.2) is 4.79 Å². The van der Waals surface area contributed by atoms with Crippen LogP contribution in [0.4, 0.5) is 5.69 Å². The molecule has 0 saturated carbocycles. The first-order valence-electron chi connectivity index (χ1n) is 9.58. The number of carbonyl (C=O) groups excluding carboxylic acids is 3. The molecule has 3 rings (SSSR count). The second-order valence-electron chi connectivity index (χ2n) is 6.57. The molecule has 1 aliphatic heterocycles. The SMILES string of the molecule is CCOc1ccc(/C=C/C(=O)OCC(=O)c2cccc(N3CCCC3=O)c2)cc1. The lowest BCUT2D eigenvalue weighted by atomic mass is 10.1. The molecule has 150 valence electrons. The summed E-state index contributed by atoms with van der Waals surface area (Å²) >= 11 is 0. The number of esters is 1. The van der Waals surface area contributed by atoms with Gasteiger partial charge in [-0.15, -0.1) is 0 Å². The largest absolute Gasteiger partial charge is 0.494 e. The number of amides is 1. The molecule has 0 bridgehead atoms. The van der Waals surface area contributed by atoms with Crippen LogP contribution in [0.1, 0.15) is 35.7 Å². The highest BCUT2D eigenvalue weighted by atomic mass is 16.5. The molecule has 1 aliphatic rings. The van der Waals surface area contributed by atoms with E-state index in [0.717, 1.165) is 17.7 Å². The number of hydrogen-bond acceptors (Lipinski definition) is 5. The van der Waals surface area contributed by atoms with E-state index in [1.807, 2.05) is 31.2 Å². The zero-order valence-electron chi connectivity index (χ0n) is 16.3. The van der Waals surface area contributed by atoms with Gasteiger partial charge in [0, 0.05) is 30.3 Å². The Kier molecular flexibility index (Phi) is 6.79. The molecule has 1 fully saturated rings. The van der Waals surface area contributed by atoms with E-state index in [-0.39, 0.29) is 18.3 Å². The van der Waals surface area contributed by atoms with Crippen molar-refractivity contribution in [2.24, 2.45) is 0 Å². The molecule has 2 aromatic carbocycles. The van der Waals surface area contributed by atoms with E-state index in [4.69, 9.17) is 9.47 Å². The molecule has 0 radical (unpaired) electrons. The Morgan fingerprint density at radius 3 is 2.62 bits per heavy atom. The summed E-state index contributed by atoms with van der Waals surface area (Å²) in [5.41, 5.74) is 1.92. The molecule has 0 aliphatic carbocycles. The van der Waals surface area contributed by atoms with Crippen molar-refractivity contribution in [1.29, 1.82) is 0 Å². The van der Waals surface area contributed by atoms with E-state index in [2.05, 4.69) is 0 Å². The standard InChI is InChI=1S/C23H23NO5/c1-2-28-20-11-8-17(9-12-20)10-13-23(27)29-16-21(25)18-5-3-6-19(15-18)24-14-4-7-22(24)26/h3,5-6,8-13,15H,2,4,7,14,16H2,1H3/b13-10+. The van der Waals surface area contributed by atoms with Crippen LogP contribution in [-0.2, 0) is 14.3 Å². The zero-order chi connectivity index (χ0) is 20.6. The fraction of sp³-hybridized carbons (Fsp3) is 0.261. The molecule has 0 aromatic heterocycles. The van der Waals surface area contributed by atoms with Gasteiger partial charge in [-0.1, -0.05) is 24.3 Å². The van der Waals surface area contributed by atoms with Crippen molar-refractivity contribution < 1.29 is 23.9 Å². The number of rotatable bonds is 8. The van der Waals surface area contributed by atoms with Gasteiger partial charge < -0.3 is 14.4 Å². The third kappa shape index (κ3) is 5.54. The van der Waals surface area contributed by atoms with Gasteiger partial charge in [0.15, 0.2) is 12.4 Å². The summed E-state index contributed by atoms with van der Waals surface area (Å²) < 4.78 is 10.4. The van der Waals surface area contributed by atoms with Crippen molar-refractivity contribution in [1.82, 2.24) is 0 Å². The lowest BCUT2D eigenvalue weighted by Crippen LogP contribution is -2.24. The molecule has 1 amide bonds. The first kappa shape index (κ1) is 20.3. The van der Waals surface area contributed by atoms with Crippen molar-refractivity contribution in [3.05, 3.63) is 65.7 Å². The topological polar surface area (TPSA) is 72.9 Å². The number of benzene rings is 2. The maximum atomic E-state index is 12.4. The summed E-state index contributed by atoms with van der Waals surface area (Å²) in [6.45, 7) is 2.80. The van der Waals surface area contributed by atoms with Gasteiger partial charge >= 0.3 is 5.97 Å². The Labute approximate surface area is 169 Å². The molecule has 1 saturated heterocycles. The van der Waals surface area contributed by atoms with Gasteiger partial charge in [-0.3, -0.25) is 9.59 Å². The first-order chi connectivity index (χ1) is 14.1. The summed E-state index contributed by atoms with van der Waals surface area (Å²) in [7, 11) is 0. The average molecular weight is 393 g/mol. The Morgan fingerprint density at radius 1 is 1.14 bits per heavy atom. The third-order valence-corrected chi connectivity index (χ3v) is 4.50. The molecule has 0 N–H and O–H groups in total. The van der Waals surface area contributed by atoms with Crippen LogP contribution in [0.2, 0.25) is 0 Å². The Hall–Kier alpha value is -3.41. The molecule has 29 heavy (non-hydrogen) atoms. The minimum Gasteiger partial charge on any atom is -0.494 e. The maximum Gasteiger partial charge on any atom is 0.331 e. The maximum absolute atomic E-state index is 12.4. The normalized spacial score (nSPS) is 13.7. The quantitative estimate of drug-likeness (QED) is 0.389. The van der Waals surface area contributed by atoms with Crippen LogP contribution >= 0.6 is 0 Å². The fourth-order valence-corrected chi connectivity index (χ4v) is 3.04. The highest BCUT2D eigenvalue weighted by Gasteiger charge is 2.22. The predicted molar refractivity (Wildman–Crippen MR) is 110 cm³/mol. The van der Waals surface area contributed by atoms with Gasteiger partial charge in [-0.2, -0.15) is 0 Å². The van der Waals surface area contributed by atoms with Gasteiger partial charge in [0.25, 0.3) is 0 Å². The van der Waals surface area contributed by atoms with Crippen molar-refractivity contribution in [2.75, 3.05) is 24.7 Å².